The van der Waals surface area contributed by atoms with Crippen molar-refractivity contribution in [1.82, 2.24) is 5.32 Å². The summed E-state index contributed by atoms with van der Waals surface area (Å²) in [4.78, 5) is 13.4. The second-order valence-electron chi connectivity index (χ2n) is 28.5. The van der Waals surface area contributed by atoms with Crippen LogP contribution >= 0.6 is 0 Å². The van der Waals surface area contributed by atoms with Crippen molar-refractivity contribution in [2.45, 2.75) is 428 Å². The topological polar surface area (TPSA) is 228 Å². The van der Waals surface area contributed by atoms with E-state index in [9.17, 15) is 45.6 Å². The van der Waals surface area contributed by atoms with Gasteiger partial charge in [0.05, 0.1) is 32.0 Å². The van der Waals surface area contributed by atoms with Crippen LogP contribution in [0.5, 0.6) is 0 Å². The van der Waals surface area contributed by atoms with E-state index in [4.69, 9.17) is 18.9 Å². The van der Waals surface area contributed by atoms with E-state index >= 15 is 0 Å². The van der Waals surface area contributed by atoms with Crippen LogP contribution < -0.4 is 5.32 Å². The molecule has 2 heterocycles. The fraction of sp³-hybridized carbons (Fsp3) is 0.843. The quantitative estimate of drug-likeness (QED) is 0.0204. The summed E-state index contributed by atoms with van der Waals surface area (Å²) in [6.45, 7) is 2.72. The van der Waals surface area contributed by atoms with Crippen LogP contribution in [-0.2, 0) is 23.7 Å². The molecule has 2 fully saturated rings. The van der Waals surface area contributed by atoms with Crippen molar-refractivity contribution in [3.63, 3.8) is 0 Å². The standard InChI is InChI=1S/C83H151NO13/c1-3-5-7-9-11-13-15-17-19-21-23-25-27-29-31-32-33-34-35-36-37-38-39-40-41-43-45-47-49-51-53-55-57-59-61-63-65-67-75(88)84-71(70-94-82-80(93)78(91)81(74(69-86)96-82)97-83-79(92)77(90)76(89)73(68-85)95-83)72(87)66-64-62-60-58-56-54-52-50-48-46-44-42-30-28-26-24-22-20-18-16-14-12-10-8-6-4-2/h5,7,11,13,17,19,23,25,56,58,64,66,71-74,76-83,85-87,89-93H,3-4,6,8-10,12,14-16,18,20-22,24,26-55,57,59-63,65,67-70H2,1-2H3,(H,84,88)/b7-5-,13-11-,19-17-,25-23-,58-56+,66-64+. The predicted octanol–water partition coefficient (Wildman–Crippen LogP) is 18.5. The predicted molar refractivity (Wildman–Crippen MR) is 401 cm³/mol. The minimum Gasteiger partial charge on any atom is -0.394 e. The molecule has 2 aliphatic heterocycles. The van der Waals surface area contributed by atoms with Crippen LogP contribution in [0.4, 0.5) is 0 Å². The Hall–Kier alpha value is -2.57. The van der Waals surface area contributed by atoms with Crippen LogP contribution in [-0.4, -0.2) is 140 Å². The molecule has 0 spiro atoms. The largest absolute Gasteiger partial charge is 0.394 e. The molecule has 12 atom stereocenters. The number of nitrogens with one attached hydrogen (secondary N) is 1. The summed E-state index contributed by atoms with van der Waals surface area (Å²) in [6.07, 6.45) is 75.7. The van der Waals surface area contributed by atoms with E-state index in [0.29, 0.717) is 12.8 Å². The second-order valence-corrected chi connectivity index (χ2v) is 28.5. The second kappa shape index (κ2) is 66.7. The fourth-order valence-electron chi connectivity index (χ4n) is 13.2. The summed E-state index contributed by atoms with van der Waals surface area (Å²) in [7, 11) is 0. The van der Waals surface area contributed by atoms with Gasteiger partial charge in [0.2, 0.25) is 5.91 Å². The Morgan fingerprint density at radius 2 is 0.722 bits per heavy atom. The lowest BCUT2D eigenvalue weighted by atomic mass is 9.97. The summed E-state index contributed by atoms with van der Waals surface area (Å²) < 4.78 is 22.9. The third-order valence-electron chi connectivity index (χ3n) is 19.6. The molecule has 0 aromatic carbocycles. The molecule has 14 heteroatoms. The molecule has 2 rings (SSSR count). The van der Waals surface area contributed by atoms with Gasteiger partial charge in [0.25, 0.3) is 0 Å². The van der Waals surface area contributed by atoms with Gasteiger partial charge in [0, 0.05) is 6.42 Å². The molecule has 1 amide bonds. The monoisotopic (exact) mass is 1370 g/mol. The van der Waals surface area contributed by atoms with Gasteiger partial charge < -0.3 is 65.1 Å². The van der Waals surface area contributed by atoms with Crippen molar-refractivity contribution in [3.8, 4) is 0 Å². The average molecular weight is 1370 g/mol. The maximum atomic E-state index is 13.4. The van der Waals surface area contributed by atoms with Gasteiger partial charge in [-0.3, -0.25) is 4.79 Å². The molecule has 9 N–H and O–H groups in total. The third-order valence-corrected chi connectivity index (χ3v) is 19.6. The minimum atomic E-state index is -1.79. The first-order valence-electron chi connectivity index (χ1n) is 40.7. The highest BCUT2D eigenvalue weighted by atomic mass is 16.7. The number of ether oxygens (including phenoxy) is 4. The molecule has 2 saturated heterocycles. The Labute approximate surface area is 593 Å². The van der Waals surface area contributed by atoms with Crippen molar-refractivity contribution in [3.05, 3.63) is 72.9 Å². The van der Waals surface area contributed by atoms with Gasteiger partial charge in [0.15, 0.2) is 12.6 Å². The highest BCUT2D eigenvalue weighted by Gasteiger charge is 2.51. The lowest BCUT2D eigenvalue weighted by Crippen LogP contribution is -2.65. The third kappa shape index (κ3) is 49.6. The van der Waals surface area contributed by atoms with Gasteiger partial charge in [0.1, 0.15) is 48.8 Å². The first-order chi connectivity index (χ1) is 47.6. The molecule has 0 aromatic heterocycles. The van der Waals surface area contributed by atoms with Crippen LogP contribution in [0.2, 0.25) is 0 Å². The van der Waals surface area contributed by atoms with Gasteiger partial charge in [-0.15, -0.1) is 0 Å². The molecular weight excluding hydrogens is 1220 g/mol. The molecule has 2 aliphatic rings. The Kier molecular flexibility index (Phi) is 62.2. The molecule has 97 heavy (non-hydrogen) atoms. The molecular formula is C83H151NO13. The van der Waals surface area contributed by atoms with Gasteiger partial charge >= 0.3 is 0 Å². The number of carbonyl (C=O) groups excluding carboxylic acids is 1. The van der Waals surface area contributed by atoms with Crippen LogP contribution in [0.15, 0.2) is 72.9 Å². The average Bonchev–Trinajstić information content (AvgIpc) is 0.794. The molecule has 566 valence electrons. The van der Waals surface area contributed by atoms with Crippen molar-refractivity contribution in [1.29, 1.82) is 0 Å². The molecule has 0 radical (unpaired) electrons. The van der Waals surface area contributed by atoms with Gasteiger partial charge in [-0.05, 0) is 70.6 Å². The molecule has 14 nitrogen and oxygen atoms in total. The van der Waals surface area contributed by atoms with Crippen LogP contribution in [0.25, 0.3) is 0 Å². The summed E-state index contributed by atoms with van der Waals surface area (Å²) in [6, 6.07) is -0.934. The Morgan fingerprint density at radius 1 is 0.381 bits per heavy atom. The van der Waals surface area contributed by atoms with E-state index in [2.05, 4.69) is 79.9 Å². The van der Waals surface area contributed by atoms with Gasteiger partial charge in [-0.2, -0.15) is 0 Å². The summed E-state index contributed by atoms with van der Waals surface area (Å²) in [5, 5.41) is 87.7. The minimum absolute atomic E-state index is 0.243. The Bertz CT molecular complexity index is 1910. The number of aliphatic hydroxyl groups is 8. The van der Waals surface area contributed by atoms with Crippen molar-refractivity contribution in [2.75, 3.05) is 19.8 Å². The number of carbonyl (C=O) groups is 1. The number of aliphatic hydroxyl groups excluding tert-OH is 8. The lowest BCUT2D eigenvalue weighted by Gasteiger charge is -2.46. The van der Waals surface area contributed by atoms with Crippen LogP contribution in [0.3, 0.4) is 0 Å². The first kappa shape index (κ1) is 90.5. The van der Waals surface area contributed by atoms with E-state index in [-0.39, 0.29) is 18.9 Å². The van der Waals surface area contributed by atoms with E-state index in [1.54, 1.807) is 6.08 Å². The van der Waals surface area contributed by atoms with E-state index in [1.165, 1.54) is 263 Å². The van der Waals surface area contributed by atoms with Crippen molar-refractivity contribution >= 4 is 5.91 Å². The summed E-state index contributed by atoms with van der Waals surface area (Å²) in [5.41, 5.74) is 0. The maximum absolute atomic E-state index is 13.4. The smallest absolute Gasteiger partial charge is 0.220 e. The van der Waals surface area contributed by atoms with E-state index < -0.39 is 86.8 Å². The fourth-order valence-corrected chi connectivity index (χ4v) is 13.2. The van der Waals surface area contributed by atoms with E-state index in [0.717, 1.165) is 57.8 Å². The highest BCUT2D eigenvalue weighted by molar-refractivity contribution is 5.76. The van der Waals surface area contributed by atoms with Crippen molar-refractivity contribution in [2.24, 2.45) is 0 Å². The zero-order chi connectivity index (χ0) is 70.1. The lowest BCUT2D eigenvalue weighted by molar-refractivity contribution is -0.359. The number of rotatable bonds is 68. The maximum Gasteiger partial charge on any atom is 0.220 e. The van der Waals surface area contributed by atoms with Gasteiger partial charge in [-0.1, -0.05) is 350 Å². The van der Waals surface area contributed by atoms with Crippen LogP contribution in [0.1, 0.15) is 354 Å². The molecule has 0 bridgehead atoms. The molecule has 0 aliphatic carbocycles. The van der Waals surface area contributed by atoms with Crippen molar-refractivity contribution < 1.29 is 64.6 Å². The number of hydrogen-bond donors (Lipinski definition) is 9. The van der Waals surface area contributed by atoms with Gasteiger partial charge in [-0.25, -0.2) is 0 Å². The van der Waals surface area contributed by atoms with Crippen LogP contribution in [0, 0.1) is 0 Å². The Balaban J connectivity index is 1.60. The Morgan fingerprint density at radius 3 is 1.13 bits per heavy atom. The molecule has 0 saturated carbocycles. The number of allylic oxidation sites excluding steroid dienone is 11. The normalized spacial score (nSPS) is 22.5. The molecule has 12 unspecified atom stereocenters. The first-order valence-corrected chi connectivity index (χ1v) is 40.7. The molecule has 0 aromatic rings. The summed E-state index contributed by atoms with van der Waals surface area (Å²) >= 11 is 0. The SMILES string of the molecule is CC/C=C\C/C=C\C/C=C\C/C=C\CCCCCCCCCCCCCCCCCCCCCCCCCCC(=O)NC(COC1OC(CO)C(OC2OC(CO)C(O)C(O)C2O)C(O)C1O)C(O)/C=C/CC/C=C/CCCCCCCCCCCCCCCCCCCCCC. The zero-order valence-electron chi connectivity index (χ0n) is 62.1. The highest BCUT2D eigenvalue weighted by Crippen LogP contribution is 2.30. The summed E-state index contributed by atoms with van der Waals surface area (Å²) in [5.74, 6) is -0.243. The number of amides is 1. The number of unbranched alkanes of at least 4 members (excludes halogenated alkanes) is 45. The number of hydrogen-bond acceptors (Lipinski definition) is 13. The van der Waals surface area contributed by atoms with E-state index in [1.807, 2.05) is 6.08 Å². The zero-order valence-corrected chi connectivity index (χ0v) is 62.1.